The standard InChI is InChI=1S/C18H21N5O/c1-11-9-13(7-8-20-11)12(2)21-18(24)15(19)10-17-14-5-3-4-6-16(14)22-23-17/h3-9,12,15H,10,19H2,1-2H3,(H,21,24)(H,22,23). The molecule has 2 unspecified atom stereocenters. The van der Waals surface area contributed by atoms with E-state index in [1.54, 1.807) is 6.20 Å². The molecule has 2 heterocycles. The van der Waals surface area contributed by atoms with Gasteiger partial charge in [0.15, 0.2) is 0 Å². The van der Waals surface area contributed by atoms with Crippen LogP contribution in [0.4, 0.5) is 0 Å². The van der Waals surface area contributed by atoms with Crippen LogP contribution < -0.4 is 11.1 Å². The van der Waals surface area contributed by atoms with Gasteiger partial charge < -0.3 is 11.1 Å². The number of aryl methyl sites for hydroxylation is 1. The van der Waals surface area contributed by atoms with Crippen LogP contribution in [0.25, 0.3) is 10.9 Å². The summed E-state index contributed by atoms with van der Waals surface area (Å²) in [7, 11) is 0. The Kier molecular flexibility index (Phi) is 4.57. The van der Waals surface area contributed by atoms with Crippen molar-refractivity contribution >= 4 is 16.8 Å². The molecule has 24 heavy (non-hydrogen) atoms. The number of para-hydroxylation sites is 1. The third-order valence-electron chi connectivity index (χ3n) is 4.08. The Morgan fingerprint density at radius 1 is 1.33 bits per heavy atom. The Hall–Kier alpha value is -2.73. The molecule has 0 spiro atoms. The average molecular weight is 323 g/mol. The number of hydrogen-bond acceptors (Lipinski definition) is 4. The number of benzene rings is 1. The summed E-state index contributed by atoms with van der Waals surface area (Å²) in [4.78, 5) is 16.6. The summed E-state index contributed by atoms with van der Waals surface area (Å²) in [6.07, 6.45) is 2.15. The van der Waals surface area contributed by atoms with Crippen molar-refractivity contribution in [2.45, 2.75) is 32.4 Å². The molecule has 0 aliphatic heterocycles. The highest BCUT2D eigenvalue weighted by Gasteiger charge is 2.19. The lowest BCUT2D eigenvalue weighted by Gasteiger charge is -2.18. The highest BCUT2D eigenvalue weighted by Crippen LogP contribution is 2.17. The van der Waals surface area contributed by atoms with Gasteiger partial charge in [-0.15, -0.1) is 0 Å². The summed E-state index contributed by atoms with van der Waals surface area (Å²) < 4.78 is 0. The summed E-state index contributed by atoms with van der Waals surface area (Å²) in [6.45, 7) is 3.86. The van der Waals surface area contributed by atoms with Gasteiger partial charge >= 0.3 is 0 Å². The van der Waals surface area contributed by atoms with E-state index in [1.165, 1.54) is 0 Å². The quantitative estimate of drug-likeness (QED) is 0.669. The molecule has 6 heteroatoms. The molecule has 1 amide bonds. The smallest absolute Gasteiger partial charge is 0.237 e. The monoisotopic (exact) mass is 323 g/mol. The first kappa shape index (κ1) is 16.1. The number of carbonyl (C=O) groups is 1. The number of fused-ring (bicyclic) bond motifs is 1. The van der Waals surface area contributed by atoms with Gasteiger partial charge in [0.25, 0.3) is 0 Å². The Morgan fingerprint density at radius 2 is 2.12 bits per heavy atom. The number of aromatic amines is 1. The zero-order chi connectivity index (χ0) is 17.1. The Labute approximate surface area is 140 Å². The molecule has 0 aliphatic carbocycles. The summed E-state index contributed by atoms with van der Waals surface area (Å²) in [5.41, 5.74) is 9.76. The van der Waals surface area contributed by atoms with Crippen LogP contribution in [0.1, 0.15) is 29.9 Å². The SMILES string of the molecule is Cc1cc(C(C)NC(=O)C(N)Cc2[nH]nc3ccccc23)ccn1. The van der Waals surface area contributed by atoms with Crippen molar-refractivity contribution in [2.75, 3.05) is 0 Å². The van der Waals surface area contributed by atoms with Gasteiger partial charge in [-0.05, 0) is 37.6 Å². The summed E-state index contributed by atoms with van der Waals surface area (Å²) in [5, 5.41) is 11.2. The predicted octanol–water partition coefficient (Wildman–Crippen LogP) is 2.01. The number of pyridine rings is 1. The molecule has 0 saturated carbocycles. The topological polar surface area (TPSA) is 96.7 Å². The van der Waals surface area contributed by atoms with Crippen LogP contribution in [-0.2, 0) is 11.2 Å². The van der Waals surface area contributed by atoms with Gasteiger partial charge in [-0.3, -0.25) is 14.9 Å². The lowest BCUT2D eigenvalue weighted by atomic mass is 10.1. The number of rotatable bonds is 5. The first-order chi connectivity index (χ1) is 11.5. The first-order valence-electron chi connectivity index (χ1n) is 7.95. The third kappa shape index (κ3) is 3.44. The van der Waals surface area contributed by atoms with E-state index in [0.29, 0.717) is 6.42 Å². The highest BCUT2D eigenvalue weighted by atomic mass is 16.2. The number of aromatic nitrogens is 3. The minimum Gasteiger partial charge on any atom is -0.348 e. The van der Waals surface area contributed by atoms with Crippen molar-refractivity contribution in [3.8, 4) is 0 Å². The number of nitrogens with zero attached hydrogens (tertiary/aromatic N) is 2. The maximum atomic E-state index is 12.4. The van der Waals surface area contributed by atoms with E-state index >= 15 is 0 Å². The highest BCUT2D eigenvalue weighted by molar-refractivity contribution is 5.85. The fourth-order valence-corrected chi connectivity index (χ4v) is 2.72. The van der Waals surface area contributed by atoms with E-state index in [2.05, 4.69) is 20.5 Å². The second-order valence-corrected chi connectivity index (χ2v) is 5.99. The number of nitrogens with two attached hydrogens (primary N) is 1. The van der Waals surface area contributed by atoms with Crippen LogP contribution in [0.15, 0.2) is 42.6 Å². The van der Waals surface area contributed by atoms with Gasteiger partial charge in [-0.25, -0.2) is 0 Å². The average Bonchev–Trinajstić information content (AvgIpc) is 2.98. The van der Waals surface area contributed by atoms with Crippen LogP contribution in [-0.4, -0.2) is 27.1 Å². The number of amides is 1. The van der Waals surface area contributed by atoms with Crippen molar-refractivity contribution in [3.63, 3.8) is 0 Å². The van der Waals surface area contributed by atoms with Crippen molar-refractivity contribution in [3.05, 3.63) is 59.5 Å². The van der Waals surface area contributed by atoms with Gasteiger partial charge in [-0.1, -0.05) is 18.2 Å². The molecular formula is C18H21N5O. The van der Waals surface area contributed by atoms with Crippen LogP contribution in [0.3, 0.4) is 0 Å². The summed E-state index contributed by atoms with van der Waals surface area (Å²) >= 11 is 0. The van der Waals surface area contributed by atoms with Crippen molar-refractivity contribution < 1.29 is 4.79 Å². The summed E-state index contributed by atoms with van der Waals surface area (Å²) in [5.74, 6) is -0.185. The van der Waals surface area contributed by atoms with Crippen LogP contribution in [0, 0.1) is 6.92 Å². The largest absolute Gasteiger partial charge is 0.348 e. The molecule has 6 nitrogen and oxygen atoms in total. The maximum absolute atomic E-state index is 12.4. The molecule has 1 aromatic carbocycles. The second kappa shape index (κ2) is 6.80. The zero-order valence-corrected chi connectivity index (χ0v) is 13.8. The molecule has 3 rings (SSSR count). The van der Waals surface area contributed by atoms with Gasteiger partial charge in [0, 0.05) is 29.4 Å². The Bertz CT molecular complexity index is 857. The number of hydrogen-bond donors (Lipinski definition) is 3. The molecule has 0 aliphatic rings. The zero-order valence-electron chi connectivity index (χ0n) is 13.8. The van der Waals surface area contributed by atoms with Crippen molar-refractivity contribution in [1.82, 2.24) is 20.5 Å². The molecule has 3 aromatic rings. The van der Waals surface area contributed by atoms with E-state index in [0.717, 1.165) is 27.9 Å². The number of carbonyl (C=O) groups excluding carboxylic acids is 1. The lowest BCUT2D eigenvalue weighted by Crippen LogP contribution is -2.43. The minimum atomic E-state index is -0.640. The molecule has 2 aromatic heterocycles. The molecule has 124 valence electrons. The molecule has 0 radical (unpaired) electrons. The maximum Gasteiger partial charge on any atom is 0.237 e. The van der Waals surface area contributed by atoms with E-state index in [4.69, 9.17) is 5.73 Å². The molecule has 0 fully saturated rings. The Balaban J connectivity index is 1.66. The number of nitrogens with one attached hydrogen (secondary N) is 2. The van der Waals surface area contributed by atoms with E-state index in [9.17, 15) is 4.79 Å². The van der Waals surface area contributed by atoms with Gasteiger partial charge in [-0.2, -0.15) is 5.10 Å². The van der Waals surface area contributed by atoms with Gasteiger partial charge in [0.05, 0.1) is 17.6 Å². The first-order valence-corrected chi connectivity index (χ1v) is 7.95. The van der Waals surface area contributed by atoms with Crippen molar-refractivity contribution in [2.24, 2.45) is 5.73 Å². The fraction of sp³-hybridized carbons (Fsp3) is 0.278. The molecule has 2 atom stereocenters. The molecule has 4 N–H and O–H groups in total. The normalized spacial score (nSPS) is 13.6. The second-order valence-electron chi connectivity index (χ2n) is 5.99. The van der Waals surface area contributed by atoms with E-state index in [-0.39, 0.29) is 11.9 Å². The van der Waals surface area contributed by atoms with Crippen LogP contribution in [0.5, 0.6) is 0 Å². The lowest BCUT2D eigenvalue weighted by molar-refractivity contribution is -0.123. The number of H-pyrrole nitrogens is 1. The molecule has 0 bridgehead atoms. The van der Waals surface area contributed by atoms with Crippen molar-refractivity contribution in [1.29, 1.82) is 0 Å². The van der Waals surface area contributed by atoms with Crippen LogP contribution >= 0.6 is 0 Å². The van der Waals surface area contributed by atoms with E-state index < -0.39 is 6.04 Å². The molecule has 0 saturated heterocycles. The summed E-state index contributed by atoms with van der Waals surface area (Å²) in [6, 6.07) is 10.9. The third-order valence-corrected chi connectivity index (χ3v) is 4.08. The van der Waals surface area contributed by atoms with Crippen LogP contribution in [0.2, 0.25) is 0 Å². The van der Waals surface area contributed by atoms with Gasteiger partial charge in [0.2, 0.25) is 5.91 Å². The van der Waals surface area contributed by atoms with E-state index in [1.807, 2.05) is 50.2 Å². The molecular weight excluding hydrogens is 302 g/mol. The fourth-order valence-electron chi connectivity index (χ4n) is 2.72. The van der Waals surface area contributed by atoms with Gasteiger partial charge in [0.1, 0.15) is 0 Å². The Morgan fingerprint density at radius 3 is 2.92 bits per heavy atom. The predicted molar refractivity (Wildman–Crippen MR) is 93.3 cm³/mol. The minimum absolute atomic E-state index is 0.122.